The number of phenols is 3. The van der Waals surface area contributed by atoms with E-state index in [9.17, 15) is 34.2 Å². The molecule has 18 nitrogen and oxygen atoms in total. The lowest BCUT2D eigenvalue weighted by Crippen LogP contribution is -2.47. The Bertz CT molecular complexity index is 2490. The number of carboxylic acids is 1. The summed E-state index contributed by atoms with van der Waals surface area (Å²) >= 11 is 0. The van der Waals surface area contributed by atoms with Gasteiger partial charge in [-0.2, -0.15) is 0 Å². The van der Waals surface area contributed by atoms with Gasteiger partial charge >= 0.3 is 5.97 Å². The third kappa shape index (κ3) is 18.9. The SMILES string of the molecule is C.Cc1ncccc1C(=O)N1CCCC[C@H]1CO.Cc1ncccc1C(=O)N1CCCC[C@H]1COc1cccc(O)c1C=O.Cc1ncccc1C(=O)O.Cl.O=Cc1c(O)cccc1O.OC[C@@H]1CCCCN1. The normalized spacial score (nSPS) is 16.6. The van der Waals surface area contributed by atoms with Crippen LogP contribution in [0, 0.1) is 20.8 Å². The Labute approximate surface area is 433 Å². The highest BCUT2D eigenvalue weighted by Crippen LogP contribution is 2.28. The Morgan fingerprint density at radius 2 is 1.07 bits per heavy atom. The van der Waals surface area contributed by atoms with E-state index in [-0.39, 0.29) is 90.9 Å². The average molecular weight is 1030 g/mol. The fourth-order valence-corrected chi connectivity index (χ4v) is 8.04. The van der Waals surface area contributed by atoms with Gasteiger partial charge in [0, 0.05) is 49.1 Å². The van der Waals surface area contributed by atoms with Gasteiger partial charge < -0.3 is 50.5 Å². The minimum atomic E-state index is -0.925. The number of aryl methyl sites for hydroxylation is 3. The van der Waals surface area contributed by atoms with Crippen molar-refractivity contribution in [1.29, 1.82) is 0 Å². The molecule has 3 aromatic heterocycles. The van der Waals surface area contributed by atoms with Gasteiger partial charge in [-0.25, -0.2) is 4.79 Å². The largest absolute Gasteiger partial charge is 0.507 e. The maximum absolute atomic E-state index is 13.0. The Kier molecular flexibility index (Phi) is 28.0. The summed E-state index contributed by atoms with van der Waals surface area (Å²) in [5, 5.41) is 57.3. The van der Waals surface area contributed by atoms with Crippen LogP contribution in [0.5, 0.6) is 23.0 Å². The maximum Gasteiger partial charge on any atom is 0.337 e. The standard InChI is InChI=1S/C20H22N2O4.C13H18N2O2.C7H7NO2.C7H6O3.C6H13NO.CH4.ClH/c1-14-16(7-5-10-21-14)20(25)22-11-3-2-6-15(22)13-26-19-9-4-8-18(24)17(19)12-23;1-10-12(6-4-7-14-10)13(17)15-8-3-2-5-11(15)9-16;1-5-6(7(9)10)3-2-4-8-5;8-4-5-6(9)2-1-3-7(5)10;8-5-6-3-1-2-4-7-6;;/h4-5,7-10,12,15,24H,2-3,6,11,13H2,1H3;4,6-7,11,16H,2-3,5,8-9H2,1H3;2-4H,1H3,(H,9,10);1-4,9-10H;6-8H,1-5H2;1H4;1H/t15-;11-;;;6-;;/m00..0../s1. The molecule has 6 heterocycles. The molecule has 2 aromatic carbocycles. The number of carbonyl (C=O) groups excluding carboxylic acids is 4. The molecule has 73 heavy (non-hydrogen) atoms. The topological polar surface area (TPSA) is 273 Å². The van der Waals surface area contributed by atoms with Crippen molar-refractivity contribution >= 4 is 42.8 Å². The van der Waals surface area contributed by atoms with Crippen LogP contribution in [-0.4, -0.2) is 143 Å². The number of ether oxygens (including phenoxy) is 1. The van der Waals surface area contributed by atoms with Crippen molar-refractivity contribution < 1.29 is 59.3 Å². The summed E-state index contributed by atoms with van der Waals surface area (Å²) in [7, 11) is 0. The number of aromatic hydroxyl groups is 3. The summed E-state index contributed by atoms with van der Waals surface area (Å²) < 4.78 is 5.79. The van der Waals surface area contributed by atoms with E-state index >= 15 is 0 Å². The van der Waals surface area contributed by atoms with Crippen molar-refractivity contribution in [2.24, 2.45) is 0 Å². The molecule has 0 spiro atoms. The number of nitrogens with zero attached hydrogens (tertiary/aromatic N) is 5. The third-order valence-corrected chi connectivity index (χ3v) is 12.1. The van der Waals surface area contributed by atoms with Crippen LogP contribution in [-0.2, 0) is 0 Å². The molecule has 0 saturated carbocycles. The minimum Gasteiger partial charge on any atom is -0.507 e. The Balaban J connectivity index is 0.000000335. The molecule has 5 aromatic rings. The van der Waals surface area contributed by atoms with Crippen molar-refractivity contribution in [2.45, 2.75) is 104 Å². The van der Waals surface area contributed by atoms with Crippen LogP contribution >= 0.6 is 12.4 Å². The van der Waals surface area contributed by atoms with Crippen molar-refractivity contribution in [1.82, 2.24) is 30.1 Å². The Morgan fingerprint density at radius 3 is 1.47 bits per heavy atom. The molecule has 3 aliphatic heterocycles. The first-order chi connectivity index (χ1) is 34.3. The molecule has 8 rings (SSSR count). The molecule has 7 N–H and O–H groups in total. The number of aromatic nitrogens is 3. The summed E-state index contributed by atoms with van der Waals surface area (Å²) in [6, 6.07) is 19.4. The van der Waals surface area contributed by atoms with Crippen LogP contribution in [0.2, 0.25) is 0 Å². The Hall–Kier alpha value is -6.99. The lowest BCUT2D eigenvalue weighted by atomic mass is 10.0. The van der Waals surface area contributed by atoms with Crippen LogP contribution < -0.4 is 10.1 Å². The van der Waals surface area contributed by atoms with Crippen molar-refractivity contribution in [3.63, 3.8) is 0 Å². The van der Waals surface area contributed by atoms with Gasteiger partial charge in [-0.3, -0.25) is 34.1 Å². The van der Waals surface area contributed by atoms with Gasteiger partial charge in [-0.1, -0.05) is 26.0 Å². The molecule has 396 valence electrons. The second kappa shape index (κ2) is 32.9. The number of phenolic OH excluding ortho intramolecular Hbond substituents is 3. The van der Waals surface area contributed by atoms with Crippen LogP contribution in [0.1, 0.15) is 134 Å². The van der Waals surface area contributed by atoms with Gasteiger partial charge in [-0.05, 0) is 139 Å². The number of hydrogen-bond donors (Lipinski definition) is 7. The summed E-state index contributed by atoms with van der Waals surface area (Å²) in [5.41, 5.74) is 3.58. The number of carbonyl (C=O) groups is 5. The van der Waals surface area contributed by atoms with Crippen LogP contribution in [0.25, 0.3) is 0 Å². The average Bonchev–Trinajstić information content (AvgIpc) is 3.39. The highest BCUT2D eigenvalue weighted by Gasteiger charge is 2.30. The first kappa shape index (κ1) is 62.1. The highest BCUT2D eigenvalue weighted by atomic mass is 35.5. The smallest absolute Gasteiger partial charge is 0.337 e. The lowest BCUT2D eigenvalue weighted by Gasteiger charge is -2.36. The van der Waals surface area contributed by atoms with Crippen molar-refractivity contribution in [2.75, 3.05) is 39.5 Å². The number of pyridine rings is 3. The number of hydrogen-bond acceptors (Lipinski definition) is 15. The van der Waals surface area contributed by atoms with Gasteiger partial charge in [0.15, 0.2) is 12.6 Å². The first-order valence-corrected chi connectivity index (χ1v) is 23.7. The molecule has 0 aliphatic carbocycles. The zero-order chi connectivity index (χ0) is 51.7. The van der Waals surface area contributed by atoms with Crippen LogP contribution in [0.4, 0.5) is 0 Å². The van der Waals surface area contributed by atoms with Gasteiger partial charge in [0.1, 0.15) is 29.6 Å². The number of rotatable bonds is 10. The predicted molar refractivity (Wildman–Crippen MR) is 279 cm³/mol. The predicted octanol–water partition coefficient (Wildman–Crippen LogP) is 7.54. The van der Waals surface area contributed by atoms with E-state index in [4.69, 9.17) is 25.2 Å². The summed E-state index contributed by atoms with van der Waals surface area (Å²) in [6.45, 7) is 8.45. The summed E-state index contributed by atoms with van der Waals surface area (Å²) in [4.78, 5) is 72.8. The maximum atomic E-state index is 13.0. The van der Waals surface area contributed by atoms with E-state index in [1.54, 1.807) is 72.9 Å². The first-order valence-electron chi connectivity index (χ1n) is 23.7. The van der Waals surface area contributed by atoms with Gasteiger partial charge in [0.2, 0.25) is 0 Å². The number of benzene rings is 2. The molecule has 19 heteroatoms. The molecule has 0 unspecified atom stereocenters. The fourth-order valence-electron chi connectivity index (χ4n) is 8.04. The van der Waals surface area contributed by atoms with Crippen molar-refractivity contribution in [3.8, 4) is 23.0 Å². The van der Waals surface area contributed by atoms with Crippen molar-refractivity contribution in [3.05, 3.63) is 136 Å². The van der Waals surface area contributed by atoms with Crippen LogP contribution in [0.3, 0.4) is 0 Å². The zero-order valence-electron chi connectivity index (χ0n) is 40.9. The molecule has 0 bridgehead atoms. The van der Waals surface area contributed by atoms with E-state index in [2.05, 4.69) is 20.3 Å². The van der Waals surface area contributed by atoms with E-state index in [1.165, 1.54) is 43.2 Å². The van der Waals surface area contributed by atoms with Gasteiger partial charge in [0.25, 0.3) is 11.8 Å². The molecule has 0 radical (unpaired) electrons. The number of aliphatic hydroxyl groups excluding tert-OH is 2. The molecule has 3 saturated heterocycles. The number of likely N-dealkylation sites (tertiary alicyclic amines) is 2. The zero-order valence-corrected chi connectivity index (χ0v) is 41.7. The van der Waals surface area contributed by atoms with E-state index in [0.29, 0.717) is 60.0 Å². The highest BCUT2D eigenvalue weighted by molar-refractivity contribution is 5.96. The number of carboxylic acid groups (broad SMARTS) is 1. The van der Waals surface area contributed by atoms with Crippen LogP contribution in [0.15, 0.2) is 91.4 Å². The third-order valence-electron chi connectivity index (χ3n) is 12.1. The monoisotopic (exact) mass is 1030 g/mol. The molecular formula is C54H71ClN6O12. The van der Waals surface area contributed by atoms with E-state index in [1.807, 2.05) is 18.7 Å². The summed E-state index contributed by atoms with van der Waals surface area (Å²) in [6.07, 6.45) is 15.4. The molecular weight excluding hydrogens is 960 g/mol. The van der Waals surface area contributed by atoms with E-state index in [0.717, 1.165) is 63.7 Å². The number of amides is 2. The van der Waals surface area contributed by atoms with E-state index < -0.39 is 5.97 Å². The quantitative estimate of drug-likeness (QED) is 0.0666. The fraction of sp³-hybridized carbons (Fsp3) is 0.407. The number of aromatic carboxylic acids is 1. The number of halogens is 1. The number of aldehydes is 2. The van der Waals surface area contributed by atoms with Gasteiger partial charge in [-0.15, -0.1) is 12.4 Å². The lowest BCUT2D eigenvalue weighted by molar-refractivity contribution is 0.0500. The molecule has 3 atom stereocenters. The molecule has 3 fully saturated rings. The second-order valence-electron chi connectivity index (χ2n) is 17.0. The summed E-state index contributed by atoms with van der Waals surface area (Å²) in [5.74, 6) is -1.16. The van der Waals surface area contributed by atoms with Gasteiger partial charge in [0.05, 0.1) is 58.8 Å². The number of piperidine rings is 3. The second-order valence-corrected chi connectivity index (χ2v) is 17.0. The number of nitrogens with one attached hydrogen (secondary N) is 1. The number of aliphatic hydroxyl groups is 2. The minimum absolute atomic E-state index is 0. The molecule has 2 amide bonds. The molecule has 3 aliphatic rings. The Morgan fingerprint density at radius 1 is 0.616 bits per heavy atom.